The van der Waals surface area contributed by atoms with Gasteiger partial charge >= 0.3 is 0 Å². The molecule has 0 aliphatic carbocycles. The first kappa shape index (κ1) is 13.4. The van der Waals surface area contributed by atoms with Gasteiger partial charge in [-0.1, -0.05) is 10.3 Å². The number of rotatable bonds is 3. The molecule has 0 spiro atoms. The molecule has 0 aromatic carbocycles. The Morgan fingerprint density at radius 3 is 2.83 bits per heavy atom. The average molecular weight is 272 g/mol. The first-order valence-corrected chi connectivity index (χ1v) is 6.14. The van der Waals surface area contributed by atoms with Crippen LogP contribution in [0.2, 0.25) is 0 Å². The summed E-state index contributed by atoms with van der Waals surface area (Å²) in [5.74, 6) is 1.37. The maximum atomic E-state index is 5.35. The maximum absolute atomic E-state index is 5.35. The SMILES string of the molecule is Cc1cc(CON=C2CN3CCC2CC3)on1.Cl. The lowest BCUT2D eigenvalue weighted by Gasteiger charge is -2.39. The van der Waals surface area contributed by atoms with Crippen LogP contribution in [0.15, 0.2) is 15.7 Å². The Morgan fingerprint density at radius 2 is 2.28 bits per heavy atom. The molecular formula is C12H18ClN3O2. The van der Waals surface area contributed by atoms with Crippen LogP contribution in [0, 0.1) is 12.8 Å². The summed E-state index contributed by atoms with van der Waals surface area (Å²) in [5.41, 5.74) is 2.07. The predicted octanol–water partition coefficient (Wildman–Crippen LogP) is 2.00. The van der Waals surface area contributed by atoms with E-state index in [4.69, 9.17) is 9.36 Å². The molecule has 5 nitrogen and oxygen atoms in total. The standard InChI is InChI=1S/C12H17N3O2.ClH/c1-9-6-11(17-13-9)8-16-14-12-7-15-4-2-10(12)3-5-15;/h6,10H,2-5,7-8H2,1H3;1H. The van der Waals surface area contributed by atoms with E-state index in [1.165, 1.54) is 31.6 Å². The number of aromatic nitrogens is 1. The molecule has 4 rings (SSSR count). The fourth-order valence-electron chi connectivity index (χ4n) is 2.55. The fourth-order valence-corrected chi connectivity index (χ4v) is 2.55. The second-order valence-corrected chi connectivity index (χ2v) is 4.84. The van der Waals surface area contributed by atoms with Gasteiger partial charge in [-0.15, -0.1) is 12.4 Å². The molecule has 3 aliphatic heterocycles. The molecule has 0 amide bonds. The molecule has 1 aromatic heterocycles. The van der Waals surface area contributed by atoms with Gasteiger partial charge in [0.15, 0.2) is 12.4 Å². The molecule has 3 aliphatic rings. The Hall–Kier alpha value is -1.07. The van der Waals surface area contributed by atoms with Crippen molar-refractivity contribution in [2.24, 2.45) is 11.1 Å². The van der Waals surface area contributed by atoms with Crippen molar-refractivity contribution in [2.75, 3.05) is 19.6 Å². The minimum atomic E-state index is 0. The van der Waals surface area contributed by atoms with Gasteiger partial charge in [-0.2, -0.15) is 0 Å². The molecule has 100 valence electrons. The second-order valence-electron chi connectivity index (χ2n) is 4.84. The number of oxime groups is 1. The quantitative estimate of drug-likeness (QED) is 0.789. The molecule has 6 heteroatoms. The van der Waals surface area contributed by atoms with Crippen molar-refractivity contribution in [3.8, 4) is 0 Å². The molecule has 3 fully saturated rings. The lowest BCUT2D eigenvalue weighted by molar-refractivity contribution is 0.100. The van der Waals surface area contributed by atoms with Crippen LogP contribution in [0.1, 0.15) is 24.3 Å². The van der Waals surface area contributed by atoms with Crippen LogP contribution in [0.5, 0.6) is 0 Å². The van der Waals surface area contributed by atoms with Crippen molar-refractivity contribution in [2.45, 2.75) is 26.4 Å². The first-order valence-electron chi connectivity index (χ1n) is 6.14. The zero-order chi connectivity index (χ0) is 11.7. The van der Waals surface area contributed by atoms with Crippen molar-refractivity contribution in [3.63, 3.8) is 0 Å². The molecule has 0 unspecified atom stereocenters. The van der Waals surface area contributed by atoms with Crippen LogP contribution in [-0.4, -0.2) is 35.4 Å². The van der Waals surface area contributed by atoms with Gasteiger partial charge in [-0.3, -0.25) is 4.90 Å². The van der Waals surface area contributed by atoms with Gasteiger partial charge < -0.3 is 9.36 Å². The normalized spacial score (nSPS) is 28.2. The Kier molecular flexibility index (Phi) is 4.24. The third kappa shape index (κ3) is 2.84. The minimum Gasteiger partial charge on any atom is -0.387 e. The summed E-state index contributed by atoms with van der Waals surface area (Å²) in [5, 5.41) is 8.07. The van der Waals surface area contributed by atoms with E-state index in [1.54, 1.807) is 0 Å². The molecule has 18 heavy (non-hydrogen) atoms. The highest BCUT2D eigenvalue weighted by Gasteiger charge is 2.31. The first-order chi connectivity index (χ1) is 8.31. The number of hydrogen-bond donors (Lipinski definition) is 0. The molecule has 0 atom stereocenters. The van der Waals surface area contributed by atoms with Gasteiger partial charge in [0.1, 0.15) is 0 Å². The van der Waals surface area contributed by atoms with E-state index >= 15 is 0 Å². The molecule has 0 saturated carbocycles. The Balaban J connectivity index is 0.00000120. The lowest BCUT2D eigenvalue weighted by atomic mass is 9.87. The van der Waals surface area contributed by atoms with Crippen molar-refractivity contribution < 1.29 is 9.36 Å². The summed E-state index contributed by atoms with van der Waals surface area (Å²) in [4.78, 5) is 7.78. The van der Waals surface area contributed by atoms with Gasteiger partial charge in [0.2, 0.25) is 0 Å². The van der Waals surface area contributed by atoms with E-state index in [1.807, 2.05) is 13.0 Å². The van der Waals surface area contributed by atoms with Crippen LogP contribution in [0.25, 0.3) is 0 Å². The van der Waals surface area contributed by atoms with E-state index in [9.17, 15) is 0 Å². The summed E-state index contributed by atoms with van der Waals surface area (Å²) in [6.07, 6.45) is 2.45. The van der Waals surface area contributed by atoms with Gasteiger partial charge in [0, 0.05) is 18.5 Å². The smallest absolute Gasteiger partial charge is 0.177 e. The average Bonchev–Trinajstić information content (AvgIpc) is 2.77. The molecule has 0 radical (unpaired) electrons. The topological polar surface area (TPSA) is 50.9 Å². The van der Waals surface area contributed by atoms with E-state index in [2.05, 4.69) is 15.2 Å². The summed E-state index contributed by atoms with van der Waals surface area (Å²) < 4.78 is 5.06. The monoisotopic (exact) mass is 271 g/mol. The van der Waals surface area contributed by atoms with Crippen molar-refractivity contribution in [3.05, 3.63) is 17.5 Å². The highest BCUT2D eigenvalue weighted by atomic mass is 35.5. The van der Waals surface area contributed by atoms with Crippen molar-refractivity contribution in [1.82, 2.24) is 10.1 Å². The van der Waals surface area contributed by atoms with Crippen molar-refractivity contribution >= 4 is 18.1 Å². The Labute approximate surface area is 113 Å². The highest BCUT2D eigenvalue weighted by Crippen LogP contribution is 2.25. The summed E-state index contributed by atoms with van der Waals surface area (Å²) in [6, 6.07) is 1.87. The number of nitrogens with zero attached hydrogens (tertiary/aromatic N) is 3. The Bertz CT molecular complexity index is 425. The third-order valence-corrected chi connectivity index (χ3v) is 3.51. The predicted molar refractivity (Wildman–Crippen MR) is 69.9 cm³/mol. The maximum Gasteiger partial charge on any atom is 0.177 e. The second kappa shape index (κ2) is 5.71. The number of hydrogen-bond acceptors (Lipinski definition) is 5. The summed E-state index contributed by atoms with van der Waals surface area (Å²) in [6.45, 7) is 5.67. The summed E-state index contributed by atoms with van der Waals surface area (Å²) in [7, 11) is 0. The van der Waals surface area contributed by atoms with Gasteiger partial charge in [0.05, 0.1) is 11.4 Å². The molecule has 1 aromatic rings. The van der Waals surface area contributed by atoms with Gasteiger partial charge in [-0.25, -0.2) is 0 Å². The highest BCUT2D eigenvalue weighted by molar-refractivity contribution is 5.89. The number of halogens is 1. The molecule has 2 bridgehead atoms. The van der Waals surface area contributed by atoms with Crippen LogP contribution in [0.3, 0.4) is 0 Å². The van der Waals surface area contributed by atoms with Crippen LogP contribution >= 0.6 is 12.4 Å². The van der Waals surface area contributed by atoms with E-state index in [0.717, 1.165) is 18.0 Å². The van der Waals surface area contributed by atoms with E-state index in [-0.39, 0.29) is 12.4 Å². The number of piperidine rings is 3. The summed E-state index contributed by atoms with van der Waals surface area (Å²) >= 11 is 0. The lowest BCUT2D eigenvalue weighted by Crippen LogP contribution is -2.47. The number of aryl methyl sites for hydroxylation is 1. The number of fused-ring (bicyclic) bond motifs is 3. The molecule has 0 N–H and O–H groups in total. The van der Waals surface area contributed by atoms with E-state index < -0.39 is 0 Å². The van der Waals surface area contributed by atoms with Crippen LogP contribution < -0.4 is 0 Å². The minimum absolute atomic E-state index is 0. The van der Waals surface area contributed by atoms with Gasteiger partial charge in [0.25, 0.3) is 0 Å². The van der Waals surface area contributed by atoms with Gasteiger partial charge in [-0.05, 0) is 32.9 Å². The molecule has 4 heterocycles. The Morgan fingerprint density at radius 1 is 1.50 bits per heavy atom. The fraction of sp³-hybridized carbons (Fsp3) is 0.667. The zero-order valence-corrected chi connectivity index (χ0v) is 11.3. The largest absolute Gasteiger partial charge is 0.387 e. The molecule has 3 saturated heterocycles. The molecular weight excluding hydrogens is 254 g/mol. The van der Waals surface area contributed by atoms with Crippen molar-refractivity contribution in [1.29, 1.82) is 0 Å². The van der Waals surface area contributed by atoms with Crippen LogP contribution in [-0.2, 0) is 11.4 Å². The van der Waals surface area contributed by atoms with Crippen LogP contribution in [0.4, 0.5) is 0 Å². The zero-order valence-electron chi connectivity index (χ0n) is 10.5. The third-order valence-electron chi connectivity index (χ3n) is 3.51. The van der Waals surface area contributed by atoms with E-state index in [0.29, 0.717) is 12.5 Å².